The first-order valence-corrected chi connectivity index (χ1v) is 17.9. The van der Waals surface area contributed by atoms with Crippen molar-refractivity contribution in [3.63, 3.8) is 0 Å². The van der Waals surface area contributed by atoms with Crippen LogP contribution in [-0.2, 0) is 0 Å². The van der Waals surface area contributed by atoms with E-state index >= 15 is 0 Å². The summed E-state index contributed by atoms with van der Waals surface area (Å²) < 4.78 is 0. The van der Waals surface area contributed by atoms with E-state index < -0.39 is 24.2 Å². The van der Waals surface area contributed by atoms with Gasteiger partial charge in [-0.2, -0.15) is 0 Å². The molecule has 1 aliphatic carbocycles. The maximum Gasteiger partial charge on any atom is 0.0724 e. The average Bonchev–Trinajstić information content (AvgIpc) is 2.12. The third-order valence-electron chi connectivity index (χ3n) is 4.00. The molecule has 18 heavy (non-hydrogen) atoms. The van der Waals surface area contributed by atoms with Crippen molar-refractivity contribution >= 4 is 24.2 Å². The van der Waals surface area contributed by atoms with Gasteiger partial charge in [-0.1, -0.05) is 82.3 Å². The standard InChI is InChI=1S/C15H32Si3/c1-16(2,3)13-10-11-14(17(4,5)6)15(12-13)18(7,8)9/h10-14H,1-9H3. The van der Waals surface area contributed by atoms with Gasteiger partial charge in [-0.3, -0.25) is 0 Å². The Kier molecular flexibility index (Phi) is 4.41. The summed E-state index contributed by atoms with van der Waals surface area (Å²) in [4.78, 5) is 0. The highest BCUT2D eigenvalue weighted by molar-refractivity contribution is 6.88. The molecule has 1 aliphatic rings. The highest BCUT2D eigenvalue weighted by atomic mass is 28.3. The highest BCUT2D eigenvalue weighted by Gasteiger charge is 2.38. The minimum absolute atomic E-state index is 0.756. The lowest BCUT2D eigenvalue weighted by molar-refractivity contribution is 1.09. The van der Waals surface area contributed by atoms with Crippen LogP contribution in [0.5, 0.6) is 0 Å². The van der Waals surface area contributed by atoms with E-state index in [1.54, 1.807) is 0 Å². The van der Waals surface area contributed by atoms with Crippen molar-refractivity contribution in [2.45, 2.75) is 70.0 Å². The maximum absolute atomic E-state index is 2.70. The first-order valence-electron chi connectivity index (χ1n) is 7.24. The molecule has 0 aromatic heterocycles. The molecule has 0 heterocycles. The number of hydrogen-bond acceptors (Lipinski definition) is 0. The van der Waals surface area contributed by atoms with Gasteiger partial charge in [-0.25, -0.2) is 0 Å². The Labute approximate surface area is 118 Å². The Hall–Kier alpha value is 0.131. The monoisotopic (exact) mass is 296 g/mol. The number of hydrogen-bond donors (Lipinski definition) is 0. The zero-order valence-corrected chi connectivity index (χ0v) is 16.9. The van der Waals surface area contributed by atoms with E-state index in [1.165, 1.54) is 0 Å². The quantitative estimate of drug-likeness (QED) is 0.457. The molecule has 0 aromatic rings. The molecule has 0 saturated carbocycles. The third kappa shape index (κ3) is 3.81. The van der Waals surface area contributed by atoms with Crippen LogP contribution in [-0.4, -0.2) is 24.2 Å². The number of rotatable bonds is 3. The van der Waals surface area contributed by atoms with Gasteiger partial charge in [0.25, 0.3) is 0 Å². The molecule has 0 spiro atoms. The van der Waals surface area contributed by atoms with E-state index in [1.807, 2.05) is 5.20 Å². The summed E-state index contributed by atoms with van der Waals surface area (Å²) in [5, 5.41) is 1.84. The van der Waals surface area contributed by atoms with Crippen molar-refractivity contribution in [3.05, 3.63) is 23.4 Å². The molecule has 0 saturated heterocycles. The maximum atomic E-state index is 2.70. The molecule has 3 heteroatoms. The van der Waals surface area contributed by atoms with Crippen LogP contribution in [0.4, 0.5) is 0 Å². The molecule has 0 radical (unpaired) electrons. The van der Waals surface area contributed by atoms with Gasteiger partial charge in [0.2, 0.25) is 0 Å². The fourth-order valence-electron chi connectivity index (χ4n) is 2.70. The van der Waals surface area contributed by atoms with Gasteiger partial charge in [-0.15, -0.1) is 0 Å². The van der Waals surface area contributed by atoms with Crippen molar-refractivity contribution in [3.8, 4) is 0 Å². The van der Waals surface area contributed by atoms with Crippen LogP contribution in [0.1, 0.15) is 0 Å². The average molecular weight is 297 g/mol. The normalized spacial score (nSPS) is 26.2. The van der Waals surface area contributed by atoms with E-state index in [4.69, 9.17) is 0 Å². The molecule has 0 aliphatic heterocycles. The molecule has 0 fully saturated rings. The predicted molar refractivity (Wildman–Crippen MR) is 94.8 cm³/mol. The molecule has 0 amide bonds. The van der Waals surface area contributed by atoms with E-state index in [-0.39, 0.29) is 0 Å². The van der Waals surface area contributed by atoms with E-state index in [2.05, 4.69) is 77.2 Å². The largest absolute Gasteiger partial charge is 0.0847 e. The SMILES string of the molecule is C[Si](C)(C)C1=CC([Si](C)(C)C)C=CC1[Si](C)(C)C. The van der Waals surface area contributed by atoms with Gasteiger partial charge in [0.15, 0.2) is 0 Å². The van der Waals surface area contributed by atoms with Crippen molar-refractivity contribution in [2.24, 2.45) is 0 Å². The lowest BCUT2D eigenvalue weighted by Gasteiger charge is -2.40. The van der Waals surface area contributed by atoms with Crippen LogP contribution in [0.2, 0.25) is 70.0 Å². The lowest BCUT2D eigenvalue weighted by Crippen LogP contribution is -2.40. The topological polar surface area (TPSA) is 0 Å². The smallest absolute Gasteiger partial charge is 0.0724 e. The summed E-state index contributed by atoms with van der Waals surface area (Å²) in [6.45, 7) is 22.6. The number of allylic oxidation sites excluding steroid dienone is 4. The van der Waals surface area contributed by atoms with E-state index in [0.29, 0.717) is 0 Å². The Morgan fingerprint density at radius 3 is 1.56 bits per heavy atom. The van der Waals surface area contributed by atoms with Crippen molar-refractivity contribution in [1.29, 1.82) is 0 Å². The van der Waals surface area contributed by atoms with Gasteiger partial charge in [0.05, 0.1) is 24.2 Å². The molecule has 104 valence electrons. The predicted octanol–water partition coefficient (Wildman–Crippen LogP) is 5.78. The van der Waals surface area contributed by atoms with Crippen molar-refractivity contribution < 1.29 is 0 Å². The van der Waals surface area contributed by atoms with E-state index in [0.717, 1.165) is 11.1 Å². The second-order valence-electron chi connectivity index (χ2n) is 8.99. The Morgan fingerprint density at radius 2 is 1.22 bits per heavy atom. The summed E-state index contributed by atoms with van der Waals surface area (Å²) in [6.07, 6.45) is 7.82. The van der Waals surface area contributed by atoms with Crippen molar-refractivity contribution in [1.82, 2.24) is 0 Å². The lowest BCUT2D eigenvalue weighted by atomic mass is 10.2. The zero-order valence-electron chi connectivity index (χ0n) is 13.9. The minimum atomic E-state index is -1.18. The molecule has 2 unspecified atom stereocenters. The van der Waals surface area contributed by atoms with Crippen LogP contribution < -0.4 is 0 Å². The van der Waals surface area contributed by atoms with Gasteiger partial charge in [0, 0.05) is 0 Å². The van der Waals surface area contributed by atoms with Crippen molar-refractivity contribution in [2.75, 3.05) is 0 Å². The summed E-state index contributed by atoms with van der Waals surface area (Å²) in [6, 6.07) is 0. The van der Waals surface area contributed by atoms with Gasteiger partial charge >= 0.3 is 0 Å². The molecule has 0 nitrogen and oxygen atoms in total. The first kappa shape index (κ1) is 16.2. The second-order valence-corrected chi connectivity index (χ2v) is 24.8. The molecular weight excluding hydrogens is 264 g/mol. The van der Waals surface area contributed by atoms with Gasteiger partial charge in [-0.05, 0) is 11.1 Å². The second kappa shape index (κ2) is 4.91. The van der Waals surface area contributed by atoms with Gasteiger partial charge in [0.1, 0.15) is 0 Å². The highest BCUT2D eigenvalue weighted by Crippen LogP contribution is 2.43. The van der Waals surface area contributed by atoms with E-state index in [9.17, 15) is 0 Å². The molecule has 0 N–H and O–H groups in total. The Bertz CT molecular complexity index is 359. The molecule has 0 bridgehead atoms. The molecule has 2 atom stereocenters. The summed E-state index contributed by atoms with van der Waals surface area (Å²) in [5.41, 5.74) is 1.54. The van der Waals surface area contributed by atoms with Crippen LogP contribution >= 0.6 is 0 Å². The summed E-state index contributed by atoms with van der Waals surface area (Å²) in [5.74, 6) is 0. The molecular formula is C15H32Si3. The van der Waals surface area contributed by atoms with Crippen LogP contribution in [0.25, 0.3) is 0 Å². The Balaban J connectivity index is 3.20. The molecule has 0 aromatic carbocycles. The molecule has 1 rings (SSSR count). The fraction of sp³-hybridized carbons (Fsp3) is 0.733. The first-order chi connectivity index (χ1) is 7.83. The van der Waals surface area contributed by atoms with Crippen LogP contribution in [0.3, 0.4) is 0 Å². The third-order valence-corrected chi connectivity index (χ3v) is 11.2. The van der Waals surface area contributed by atoms with Crippen LogP contribution in [0.15, 0.2) is 23.4 Å². The van der Waals surface area contributed by atoms with Crippen LogP contribution in [0, 0.1) is 0 Å². The zero-order chi connectivity index (χ0) is 14.4. The van der Waals surface area contributed by atoms with Gasteiger partial charge < -0.3 is 0 Å². The fourth-order valence-corrected chi connectivity index (χ4v) is 10.3. The summed E-state index contributed by atoms with van der Waals surface area (Å²) in [7, 11) is -3.40. The Morgan fingerprint density at radius 1 is 0.722 bits per heavy atom. The minimum Gasteiger partial charge on any atom is -0.0847 e. The summed E-state index contributed by atoms with van der Waals surface area (Å²) >= 11 is 0.